The predicted octanol–water partition coefficient (Wildman–Crippen LogP) is 6.71. The van der Waals surface area contributed by atoms with Gasteiger partial charge in [-0.25, -0.2) is 4.79 Å². The summed E-state index contributed by atoms with van der Waals surface area (Å²) in [5, 5.41) is 11.2. The Kier molecular flexibility index (Phi) is 6.81. The van der Waals surface area contributed by atoms with Crippen molar-refractivity contribution in [3.8, 4) is 0 Å². The van der Waals surface area contributed by atoms with Crippen LogP contribution in [0, 0.1) is 17.0 Å². The lowest BCUT2D eigenvalue weighted by molar-refractivity contribution is -0.385. The fourth-order valence-corrected chi connectivity index (χ4v) is 3.87. The van der Waals surface area contributed by atoms with E-state index in [1.807, 2.05) is 43.3 Å². The summed E-state index contributed by atoms with van der Waals surface area (Å²) in [4.78, 5) is 25.1. The fraction of sp³-hybridized carbons (Fsp3) is 0.240. The number of benzene rings is 3. The molecular formula is C25H25NO4S. The minimum Gasteiger partial charge on any atom is -0.457 e. The van der Waals surface area contributed by atoms with Crippen molar-refractivity contribution in [1.82, 2.24) is 0 Å². The molecule has 0 aliphatic heterocycles. The molecule has 3 aromatic carbocycles. The minimum absolute atomic E-state index is 0.00644. The van der Waals surface area contributed by atoms with Gasteiger partial charge in [-0.2, -0.15) is 0 Å². The normalized spacial score (nSPS) is 11.2. The Labute approximate surface area is 186 Å². The smallest absolute Gasteiger partial charge is 0.338 e. The molecule has 0 bridgehead atoms. The van der Waals surface area contributed by atoms with E-state index in [2.05, 4.69) is 20.8 Å². The summed E-state index contributed by atoms with van der Waals surface area (Å²) in [6.07, 6.45) is 0. The Hall–Kier alpha value is -3.12. The molecule has 0 saturated carbocycles. The molecule has 0 radical (unpaired) electrons. The monoisotopic (exact) mass is 435 g/mol. The van der Waals surface area contributed by atoms with Crippen LogP contribution in [0.4, 0.5) is 5.69 Å². The van der Waals surface area contributed by atoms with E-state index in [1.54, 1.807) is 18.2 Å². The van der Waals surface area contributed by atoms with Crippen molar-refractivity contribution in [2.45, 2.75) is 49.5 Å². The average Bonchev–Trinajstić information content (AvgIpc) is 2.73. The summed E-state index contributed by atoms with van der Waals surface area (Å²) in [7, 11) is 0. The molecule has 0 spiro atoms. The highest BCUT2D eigenvalue weighted by molar-refractivity contribution is 7.99. The zero-order valence-corrected chi connectivity index (χ0v) is 18.9. The van der Waals surface area contributed by atoms with Crippen molar-refractivity contribution in [3.63, 3.8) is 0 Å². The van der Waals surface area contributed by atoms with Gasteiger partial charge in [-0.1, -0.05) is 62.4 Å². The van der Waals surface area contributed by atoms with Crippen LogP contribution in [0.3, 0.4) is 0 Å². The lowest BCUT2D eigenvalue weighted by atomic mass is 9.87. The Morgan fingerprint density at radius 1 is 1.00 bits per heavy atom. The first-order valence-electron chi connectivity index (χ1n) is 9.93. The molecule has 3 aromatic rings. The van der Waals surface area contributed by atoms with Gasteiger partial charge in [0.25, 0.3) is 5.69 Å². The third kappa shape index (κ3) is 5.95. The van der Waals surface area contributed by atoms with Crippen LogP contribution in [0.2, 0.25) is 0 Å². The molecule has 0 fully saturated rings. The van der Waals surface area contributed by atoms with Gasteiger partial charge in [0.1, 0.15) is 6.61 Å². The first-order chi connectivity index (χ1) is 14.6. The van der Waals surface area contributed by atoms with Crippen LogP contribution in [0.1, 0.15) is 47.8 Å². The highest BCUT2D eigenvalue weighted by Crippen LogP contribution is 2.33. The van der Waals surface area contributed by atoms with Gasteiger partial charge < -0.3 is 4.74 Å². The maximum Gasteiger partial charge on any atom is 0.338 e. The number of nitro benzene ring substituents is 1. The summed E-state index contributed by atoms with van der Waals surface area (Å²) < 4.78 is 5.50. The largest absolute Gasteiger partial charge is 0.457 e. The molecule has 6 heteroatoms. The molecule has 0 aliphatic carbocycles. The summed E-state index contributed by atoms with van der Waals surface area (Å²) in [6, 6.07) is 20.0. The Morgan fingerprint density at radius 2 is 1.65 bits per heavy atom. The number of carbonyl (C=O) groups is 1. The van der Waals surface area contributed by atoms with E-state index >= 15 is 0 Å². The van der Waals surface area contributed by atoms with Crippen molar-refractivity contribution in [2.75, 3.05) is 0 Å². The molecule has 0 unspecified atom stereocenters. The highest BCUT2D eigenvalue weighted by Gasteiger charge is 2.17. The van der Waals surface area contributed by atoms with Crippen molar-refractivity contribution in [1.29, 1.82) is 0 Å². The molecule has 0 heterocycles. The van der Waals surface area contributed by atoms with Gasteiger partial charge in [0.05, 0.1) is 10.5 Å². The maximum atomic E-state index is 12.5. The quantitative estimate of drug-likeness (QED) is 0.244. The summed E-state index contributed by atoms with van der Waals surface area (Å²) in [5.74, 6) is -0.460. The number of carbonyl (C=O) groups excluding carboxylic acids is 1. The number of nitrogens with zero attached hydrogens (tertiary/aromatic N) is 1. The van der Waals surface area contributed by atoms with Crippen LogP contribution >= 0.6 is 11.8 Å². The Balaban J connectivity index is 1.78. The highest BCUT2D eigenvalue weighted by atomic mass is 32.2. The van der Waals surface area contributed by atoms with Crippen LogP contribution < -0.4 is 0 Å². The maximum absolute atomic E-state index is 12.5. The lowest BCUT2D eigenvalue weighted by Gasteiger charge is -2.19. The number of aryl methyl sites for hydroxylation is 1. The van der Waals surface area contributed by atoms with Gasteiger partial charge in [0, 0.05) is 27.5 Å². The van der Waals surface area contributed by atoms with E-state index < -0.39 is 10.9 Å². The lowest BCUT2D eigenvalue weighted by Crippen LogP contribution is -2.12. The number of non-ortho nitro benzene ring substituents is 1. The van der Waals surface area contributed by atoms with Gasteiger partial charge in [-0.3, -0.25) is 10.1 Å². The zero-order valence-electron chi connectivity index (χ0n) is 18.0. The molecule has 160 valence electrons. The third-order valence-electron chi connectivity index (χ3n) is 4.85. The number of rotatable bonds is 6. The number of hydrogen-bond donors (Lipinski definition) is 0. The second-order valence-corrected chi connectivity index (χ2v) is 9.48. The number of ether oxygens (including phenoxy) is 1. The first-order valence-corrected chi connectivity index (χ1v) is 10.7. The van der Waals surface area contributed by atoms with Crippen LogP contribution in [0.25, 0.3) is 0 Å². The first kappa shape index (κ1) is 22.6. The van der Waals surface area contributed by atoms with E-state index in [1.165, 1.54) is 23.9 Å². The second kappa shape index (κ2) is 9.35. The zero-order chi connectivity index (χ0) is 22.6. The second-order valence-electron chi connectivity index (χ2n) is 8.37. The van der Waals surface area contributed by atoms with Crippen LogP contribution in [-0.4, -0.2) is 10.9 Å². The van der Waals surface area contributed by atoms with Gasteiger partial charge in [0.2, 0.25) is 0 Å². The van der Waals surface area contributed by atoms with E-state index in [4.69, 9.17) is 4.74 Å². The third-order valence-corrected chi connectivity index (χ3v) is 5.98. The van der Waals surface area contributed by atoms with Gasteiger partial charge in [-0.05, 0) is 48.2 Å². The topological polar surface area (TPSA) is 69.4 Å². The molecule has 0 aromatic heterocycles. The summed E-state index contributed by atoms with van der Waals surface area (Å²) >= 11 is 1.48. The minimum atomic E-state index is -0.460. The Bertz CT molecular complexity index is 1080. The molecular weight excluding hydrogens is 410 g/mol. The van der Waals surface area contributed by atoms with E-state index in [-0.39, 0.29) is 17.7 Å². The van der Waals surface area contributed by atoms with Gasteiger partial charge in [0.15, 0.2) is 0 Å². The molecule has 0 saturated heterocycles. The van der Waals surface area contributed by atoms with Gasteiger partial charge in [-0.15, -0.1) is 0 Å². The van der Waals surface area contributed by atoms with E-state index in [9.17, 15) is 14.9 Å². The average molecular weight is 436 g/mol. The number of esters is 1. The van der Waals surface area contributed by atoms with Crippen LogP contribution in [0.5, 0.6) is 0 Å². The molecule has 0 N–H and O–H groups in total. The molecule has 0 atom stereocenters. The van der Waals surface area contributed by atoms with E-state index in [0.717, 1.165) is 20.9 Å². The van der Waals surface area contributed by atoms with Crippen molar-refractivity contribution >= 4 is 23.4 Å². The van der Waals surface area contributed by atoms with Crippen LogP contribution in [0.15, 0.2) is 76.5 Å². The Morgan fingerprint density at radius 3 is 2.23 bits per heavy atom. The summed E-state index contributed by atoms with van der Waals surface area (Å²) in [5.41, 5.74) is 3.28. The SMILES string of the molecule is Cc1ccc(Sc2ccc([N+](=O)[O-])cc2COC(=O)c2ccc(C(C)(C)C)cc2)cc1. The van der Waals surface area contributed by atoms with Gasteiger partial charge >= 0.3 is 5.97 Å². The standard InChI is InChI=1S/C25H25NO4S/c1-17-5-12-22(13-6-17)31-23-14-11-21(26(28)29)15-19(23)16-30-24(27)18-7-9-20(10-8-18)25(2,3)4/h5-15H,16H2,1-4H3. The fourth-order valence-electron chi connectivity index (χ4n) is 2.96. The molecule has 0 aliphatic rings. The molecule has 5 nitrogen and oxygen atoms in total. The van der Waals surface area contributed by atoms with Crippen molar-refractivity contribution in [3.05, 3.63) is 99.1 Å². The van der Waals surface area contributed by atoms with Crippen molar-refractivity contribution in [2.24, 2.45) is 0 Å². The van der Waals surface area contributed by atoms with Crippen molar-refractivity contribution < 1.29 is 14.5 Å². The number of hydrogen-bond acceptors (Lipinski definition) is 5. The number of nitro groups is 1. The molecule has 0 amide bonds. The molecule has 31 heavy (non-hydrogen) atoms. The summed E-state index contributed by atoms with van der Waals surface area (Å²) in [6.45, 7) is 8.29. The molecule has 3 rings (SSSR count). The van der Waals surface area contributed by atoms with E-state index in [0.29, 0.717) is 11.1 Å². The van der Waals surface area contributed by atoms with Crippen LogP contribution in [-0.2, 0) is 16.8 Å². The predicted molar refractivity (Wildman–Crippen MR) is 123 cm³/mol.